The van der Waals surface area contributed by atoms with E-state index in [-0.39, 0.29) is 11.8 Å². The molecule has 1 N–H and O–H groups in total. The normalized spacial score (nSPS) is 20.8. The first-order valence-corrected chi connectivity index (χ1v) is 11.0. The summed E-state index contributed by atoms with van der Waals surface area (Å²) in [6, 6.07) is 6.89. The summed E-state index contributed by atoms with van der Waals surface area (Å²) in [6.07, 6.45) is 5.46. The van der Waals surface area contributed by atoms with Crippen molar-refractivity contribution in [3.8, 4) is 0 Å². The third-order valence-corrected chi connectivity index (χ3v) is 7.38. The third-order valence-electron chi connectivity index (χ3n) is 5.47. The van der Waals surface area contributed by atoms with E-state index in [1.807, 2.05) is 7.05 Å². The van der Waals surface area contributed by atoms with Crippen molar-refractivity contribution < 1.29 is 13.2 Å². The van der Waals surface area contributed by atoms with Gasteiger partial charge < -0.3 is 10.2 Å². The van der Waals surface area contributed by atoms with Crippen LogP contribution in [0.5, 0.6) is 0 Å². The van der Waals surface area contributed by atoms with E-state index in [1.165, 1.54) is 6.42 Å². The van der Waals surface area contributed by atoms with Crippen LogP contribution in [-0.2, 0) is 21.4 Å². The molecule has 1 heterocycles. The number of likely N-dealkylation sites (N-methyl/N-ethyl adjacent to an activating group) is 1. The second kappa shape index (κ2) is 8.50. The fourth-order valence-corrected chi connectivity index (χ4v) is 5.08. The predicted molar refractivity (Wildman–Crippen MR) is 101 cm³/mol. The molecule has 26 heavy (non-hydrogen) atoms. The molecule has 2 aliphatic rings. The topological polar surface area (TPSA) is 69.7 Å². The summed E-state index contributed by atoms with van der Waals surface area (Å²) < 4.78 is 27.0. The fraction of sp³-hybridized carbons (Fsp3) is 0.632. The number of hydrogen-bond donors (Lipinski definition) is 1. The van der Waals surface area contributed by atoms with Crippen LogP contribution < -0.4 is 5.32 Å². The van der Waals surface area contributed by atoms with E-state index >= 15 is 0 Å². The summed E-state index contributed by atoms with van der Waals surface area (Å²) in [5.74, 6) is 0.263. The van der Waals surface area contributed by atoms with Gasteiger partial charge in [0.15, 0.2) is 0 Å². The molecule has 1 amide bonds. The van der Waals surface area contributed by atoms with Gasteiger partial charge in [0.05, 0.1) is 4.90 Å². The van der Waals surface area contributed by atoms with Gasteiger partial charge in [-0.2, -0.15) is 4.31 Å². The molecule has 1 aromatic carbocycles. The molecule has 2 fully saturated rings. The average Bonchev–Trinajstić information content (AvgIpc) is 2.67. The van der Waals surface area contributed by atoms with E-state index < -0.39 is 10.0 Å². The van der Waals surface area contributed by atoms with Crippen LogP contribution in [-0.4, -0.2) is 56.8 Å². The number of nitrogens with one attached hydrogen (secondary N) is 1. The van der Waals surface area contributed by atoms with Crippen molar-refractivity contribution in [2.24, 2.45) is 5.92 Å². The van der Waals surface area contributed by atoms with Crippen LogP contribution >= 0.6 is 0 Å². The molecule has 6 nitrogen and oxygen atoms in total. The molecule has 3 rings (SSSR count). The van der Waals surface area contributed by atoms with Crippen molar-refractivity contribution in [2.45, 2.75) is 43.5 Å². The summed E-state index contributed by atoms with van der Waals surface area (Å²) in [7, 11) is -1.43. The maximum atomic E-state index is 12.7. The number of nitrogens with zero attached hydrogens (tertiary/aromatic N) is 2. The summed E-state index contributed by atoms with van der Waals surface area (Å²) in [5.41, 5.74) is 0.923. The minimum absolute atomic E-state index is 0.124. The van der Waals surface area contributed by atoms with Gasteiger partial charge in [-0.15, -0.1) is 0 Å². The van der Waals surface area contributed by atoms with Gasteiger partial charge in [0, 0.05) is 38.6 Å². The molecule has 1 aliphatic heterocycles. The number of carbonyl (C=O) groups is 1. The fourth-order valence-electron chi connectivity index (χ4n) is 3.66. The summed E-state index contributed by atoms with van der Waals surface area (Å²) in [5, 5.41) is 2.99. The predicted octanol–water partition coefficient (Wildman–Crippen LogP) is 1.82. The van der Waals surface area contributed by atoms with E-state index in [4.69, 9.17) is 0 Å². The van der Waals surface area contributed by atoms with Crippen LogP contribution in [0.1, 0.15) is 37.7 Å². The summed E-state index contributed by atoms with van der Waals surface area (Å²) in [4.78, 5) is 14.7. The van der Waals surface area contributed by atoms with Crippen molar-refractivity contribution >= 4 is 15.9 Å². The van der Waals surface area contributed by atoms with Crippen molar-refractivity contribution in [1.82, 2.24) is 14.5 Å². The van der Waals surface area contributed by atoms with Crippen molar-refractivity contribution in [2.75, 3.05) is 33.2 Å². The number of piperazine rings is 1. The molecule has 1 saturated carbocycles. The number of benzene rings is 1. The minimum atomic E-state index is -3.43. The number of hydrogen-bond acceptors (Lipinski definition) is 4. The molecule has 7 heteroatoms. The smallest absolute Gasteiger partial charge is 0.243 e. The van der Waals surface area contributed by atoms with E-state index in [2.05, 4.69) is 10.2 Å². The van der Waals surface area contributed by atoms with E-state index in [0.717, 1.165) is 44.3 Å². The Kier molecular flexibility index (Phi) is 6.32. The lowest BCUT2D eigenvalue weighted by molar-refractivity contribution is -0.126. The lowest BCUT2D eigenvalue weighted by Crippen LogP contribution is -2.47. The Morgan fingerprint density at radius 1 is 1.04 bits per heavy atom. The van der Waals surface area contributed by atoms with Gasteiger partial charge in [-0.05, 0) is 37.6 Å². The molecular formula is C19H29N3O3S. The zero-order valence-corrected chi connectivity index (χ0v) is 16.3. The maximum absolute atomic E-state index is 12.7. The molecule has 0 atom stereocenters. The average molecular weight is 380 g/mol. The highest BCUT2D eigenvalue weighted by molar-refractivity contribution is 7.89. The van der Waals surface area contributed by atoms with Crippen LogP contribution in [0.15, 0.2) is 29.2 Å². The van der Waals surface area contributed by atoms with Crippen molar-refractivity contribution in [1.29, 1.82) is 0 Å². The van der Waals surface area contributed by atoms with E-state index in [1.54, 1.807) is 28.6 Å². The van der Waals surface area contributed by atoms with Crippen LogP contribution in [0.2, 0.25) is 0 Å². The van der Waals surface area contributed by atoms with Gasteiger partial charge in [-0.1, -0.05) is 31.4 Å². The Labute approximate surface area is 156 Å². The van der Waals surface area contributed by atoms with Crippen LogP contribution in [0, 0.1) is 5.92 Å². The van der Waals surface area contributed by atoms with Gasteiger partial charge in [-0.3, -0.25) is 4.79 Å². The number of carbonyl (C=O) groups excluding carboxylic acids is 1. The molecule has 1 saturated heterocycles. The highest BCUT2D eigenvalue weighted by Gasteiger charge is 2.27. The minimum Gasteiger partial charge on any atom is -0.352 e. The van der Waals surface area contributed by atoms with Crippen molar-refractivity contribution in [3.05, 3.63) is 29.8 Å². The molecule has 1 aromatic rings. The van der Waals surface area contributed by atoms with E-state index in [0.29, 0.717) is 24.5 Å². The maximum Gasteiger partial charge on any atom is 0.243 e. The van der Waals surface area contributed by atoms with Gasteiger partial charge in [-0.25, -0.2) is 8.42 Å². The number of rotatable bonds is 5. The zero-order chi connectivity index (χ0) is 18.6. The number of amides is 1. The summed E-state index contributed by atoms with van der Waals surface area (Å²) >= 11 is 0. The Morgan fingerprint density at radius 3 is 2.27 bits per heavy atom. The lowest BCUT2D eigenvalue weighted by Gasteiger charge is -2.31. The van der Waals surface area contributed by atoms with Crippen LogP contribution in [0.25, 0.3) is 0 Å². The van der Waals surface area contributed by atoms with Crippen molar-refractivity contribution in [3.63, 3.8) is 0 Å². The third kappa shape index (κ3) is 4.64. The van der Waals surface area contributed by atoms with E-state index in [9.17, 15) is 13.2 Å². The Balaban J connectivity index is 1.56. The molecule has 0 spiro atoms. The monoisotopic (exact) mass is 379 g/mol. The van der Waals surface area contributed by atoms with Gasteiger partial charge in [0.2, 0.25) is 15.9 Å². The Hall–Kier alpha value is -1.44. The first-order valence-electron chi connectivity index (χ1n) is 9.52. The molecule has 0 radical (unpaired) electrons. The molecule has 0 bridgehead atoms. The summed E-state index contributed by atoms with van der Waals surface area (Å²) in [6.45, 7) is 3.01. The largest absolute Gasteiger partial charge is 0.352 e. The highest BCUT2D eigenvalue weighted by Crippen LogP contribution is 2.24. The number of sulfonamides is 1. The molecular weight excluding hydrogens is 350 g/mol. The van der Waals surface area contributed by atoms with Crippen LogP contribution in [0.4, 0.5) is 0 Å². The quantitative estimate of drug-likeness (QED) is 0.847. The molecule has 144 valence electrons. The van der Waals surface area contributed by atoms with Gasteiger partial charge >= 0.3 is 0 Å². The molecule has 0 aromatic heterocycles. The molecule has 1 aliphatic carbocycles. The zero-order valence-electron chi connectivity index (χ0n) is 15.5. The second-order valence-corrected chi connectivity index (χ2v) is 9.34. The first kappa shape index (κ1) is 19.3. The lowest BCUT2D eigenvalue weighted by atomic mass is 9.88. The Bertz CT molecular complexity index is 704. The second-order valence-electron chi connectivity index (χ2n) is 7.40. The van der Waals surface area contributed by atoms with Gasteiger partial charge in [0.1, 0.15) is 0 Å². The standard InChI is InChI=1S/C19H29N3O3S/c1-21-11-13-22(14-12-21)26(24,25)18-9-7-16(8-10-18)15-20-19(23)17-5-3-2-4-6-17/h7-10,17H,2-6,11-15H2,1H3,(H,20,23). The SMILES string of the molecule is CN1CCN(S(=O)(=O)c2ccc(CNC(=O)C3CCCCC3)cc2)CC1. The van der Waals surface area contributed by atoms with Crippen LogP contribution in [0.3, 0.4) is 0 Å². The van der Waals surface area contributed by atoms with Gasteiger partial charge in [0.25, 0.3) is 0 Å². The molecule has 0 unspecified atom stereocenters. The Morgan fingerprint density at radius 2 is 1.65 bits per heavy atom. The first-order chi connectivity index (χ1) is 12.5. The highest BCUT2D eigenvalue weighted by atomic mass is 32.2.